The Hall–Kier alpha value is -1.71. The van der Waals surface area contributed by atoms with Crippen molar-refractivity contribution >= 4 is 0 Å². The lowest BCUT2D eigenvalue weighted by Gasteiger charge is -2.17. The van der Waals surface area contributed by atoms with E-state index in [1.165, 1.54) is 17.2 Å². The minimum Gasteiger partial charge on any atom is -0.326 e. The molecule has 0 aromatic heterocycles. The van der Waals surface area contributed by atoms with Gasteiger partial charge in [0.2, 0.25) is 0 Å². The molecule has 0 unspecified atom stereocenters. The second-order valence-electron chi connectivity index (χ2n) is 5.03. The molecule has 3 heteroatoms. The van der Waals surface area contributed by atoms with Crippen LogP contribution in [0, 0.1) is 5.82 Å². The van der Waals surface area contributed by atoms with Crippen LogP contribution in [0.5, 0.6) is 0 Å². The van der Waals surface area contributed by atoms with Crippen LogP contribution in [0.3, 0.4) is 0 Å². The van der Waals surface area contributed by atoms with Crippen LogP contribution in [-0.2, 0) is 26.2 Å². The smallest absolute Gasteiger partial charge is 0.123 e. The number of rotatable bonds is 3. The average molecular weight is 256 g/mol. The van der Waals surface area contributed by atoms with Gasteiger partial charge in [0.15, 0.2) is 0 Å². The molecule has 0 fully saturated rings. The van der Waals surface area contributed by atoms with Crippen LogP contribution in [0.2, 0.25) is 0 Å². The first-order valence-corrected chi connectivity index (χ1v) is 6.53. The van der Waals surface area contributed by atoms with Crippen molar-refractivity contribution in [3.63, 3.8) is 0 Å². The summed E-state index contributed by atoms with van der Waals surface area (Å²) in [4.78, 5) is 2.36. The third kappa shape index (κ3) is 2.53. The van der Waals surface area contributed by atoms with Gasteiger partial charge in [0.25, 0.3) is 0 Å². The normalized spacial score (nSPS) is 14.6. The number of halogens is 1. The lowest BCUT2D eigenvalue weighted by atomic mass is 10.1. The lowest BCUT2D eigenvalue weighted by molar-refractivity contribution is 0.274. The van der Waals surface area contributed by atoms with Gasteiger partial charge in [-0.05, 0) is 34.4 Å². The van der Waals surface area contributed by atoms with Crippen molar-refractivity contribution in [1.29, 1.82) is 0 Å². The van der Waals surface area contributed by atoms with Gasteiger partial charge < -0.3 is 5.73 Å². The number of benzene rings is 2. The summed E-state index contributed by atoms with van der Waals surface area (Å²) in [7, 11) is 0. The van der Waals surface area contributed by atoms with E-state index in [1.807, 2.05) is 6.07 Å². The molecule has 2 aromatic rings. The van der Waals surface area contributed by atoms with Gasteiger partial charge in [0.05, 0.1) is 0 Å². The standard InChI is InChI=1S/C16H17FN2/c17-16-6-5-14(15(7-16)8-18)11-19-9-12-3-1-2-4-13(12)10-19/h1-7H,8-11,18H2. The summed E-state index contributed by atoms with van der Waals surface area (Å²) in [5.41, 5.74) is 10.5. The Morgan fingerprint density at radius 1 is 1.00 bits per heavy atom. The number of hydrogen-bond acceptors (Lipinski definition) is 2. The third-order valence-electron chi connectivity index (χ3n) is 3.69. The Morgan fingerprint density at radius 2 is 1.68 bits per heavy atom. The van der Waals surface area contributed by atoms with Gasteiger partial charge in [0, 0.05) is 26.2 Å². The van der Waals surface area contributed by atoms with Crippen LogP contribution in [0.4, 0.5) is 4.39 Å². The van der Waals surface area contributed by atoms with Crippen molar-refractivity contribution in [3.05, 3.63) is 70.5 Å². The van der Waals surface area contributed by atoms with E-state index in [0.717, 1.165) is 30.8 Å². The Morgan fingerprint density at radius 3 is 2.32 bits per heavy atom. The van der Waals surface area contributed by atoms with E-state index in [2.05, 4.69) is 29.2 Å². The molecule has 0 atom stereocenters. The molecule has 1 heterocycles. The highest BCUT2D eigenvalue weighted by Crippen LogP contribution is 2.25. The van der Waals surface area contributed by atoms with E-state index in [-0.39, 0.29) is 5.82 Å². The highest BCUT2D eigenvalue weighted by molar-refractivity contribution is 5.32. The largest absolute Gasteiger partial charge is 0.326 e. The molecular formula is C16H17FN2. The molecule has 2 N–H and O–H groups in total. The van der Waals surface area contributed by atoms with Gasteiger partial charge in [-0.2, -0.15) is 0 Å². The summed E-state index contributed by atoms with van der Waals surface area (Å²) in [5.74, 6) is -0.214. The number of nitrogens with zero attached hydrogens (tertiary/aromatic N) is 1. The summed E-state index contributed by atoms with van der Waals surface area (Å²) in [6.45, 7) is 3.12. The number of nitrogens with two attached hydrogens (primary N) is 1. The number of fused-ring (bicyclic) bond motifs is 1. The quantitative estimate of drug-likeness (QED) is 0.915. The maximum atomic E-state index is 13.2. The predicted molar refractivity (Wildman–Crippen MR) is 73.7 cm³/mol. The van der Waals surface area contributed by atoms with Gasteiger partial charge >= 0.3 is 0 Å². The van der Waals surface area contributed by atoms with E-state index in [4.69, 9.17) is 5.73 Å². The van der Waals surface area contributed by atoms with Crippen molar-refractivity contribution < 1.29 is 4.39 Å². The van der Waals surface area contributed by atoms with Gasteiger partial charge in [-0.25, -0.2) is 4.39 Å². The fourth-order valence-electron chi connectivity index (χ4n) is 2.70. The van der Waals surface area contributed by atoms with Crippen LogP contribution in [0.25, 0.3) is 0 Å². The molecular weight excluding hydrogens is 239 g/mol. The van der Waals surface area contributed by atoms with E-state index in [9.17, 15) is 4.39 Å². The van der Waals surface area contributed by atoms with Crippen LogP contribution in [-0.4, -0.2) is 4.90 Å². The molecule has 1 aliphatic rings. The van der Waals surface area contributed by atoms with Gasteiger partial charge in [-0.15, -0.1) is 0 Å². The second-order valence-corrected chi connectivity index (χ2v) is 5.03. The lowest BCUT2D eigenvalue weighted by Crippen LogP contribution is -2.17. The van der Waals surface area contributed by atoms with Crippen molar-refractivity contribution in [2.75, 3.05) is 0 Å². The fourth-order valence-corrected chi connectivity index (χ4v) is 2.70. The Labute approximate surface area is 112 Å². The summed E-state index contributed by atoms with van der Waals surface area (Å²) in [6, 6.07) is 13.4. The molecule has 2 nitrogen and oxygen atoms in total. The van der Waals surface area contributed by atoms with Crippen LogP contribution >= 0.6 is 0 Å². The first-order valence-electron chi connectivity index (χ1n) is 6.53. The molecule has 0 aliphatic carbocycles. The maximum absolute atomic E-state index is 13.2. The van der Waals surface area contributed by atoms with Crippen molar-refractivity contribution in [1.82, 2.24) is 4.90 Å². The second kappa shape index (κ2) is 5.11. The predicted octanol–water partition coefficient (Wildman–Crippen LogP) is 2.80. The van der Waals surface area contributed by atoms with Crippen LogP contribution in [0.1, 0.15) is 22.3 Å². The molecule has 19 heavy (non-hydrogen) atoms. The fraction of sp³-hybridized carbons (Fsp3) is 0.250. The Kier molecular flexibility index (Phi) is 3.32. The Bertz CT molecular complexity index is 570. The third-order valence-corrected chi connectivity index (χ3v) is 3.69. The molecule has 0 radical (unpaired) electrons. The highest BCUT2D eigenvalue weighted by atomic mass is 19.1. The van der Waals surface area contributed by atoms with Gasteiger partial charge in [-0.3, -0.25) is 4.90 Å². The van der Waals surface area contributed by atoms with E-state index >= 15 is 0 Å². The summed E-state index contributed by atoms with van der Waals surface area (Å²) in [5, 5.41) is 0. The summed E-state index contributed by atoms with van der Waals surface area (Å²) < 4.78 is 13.2. The molecule has 2 aromatic carbocycles. The van der Waals surface area contributed by atoms with Gasteiger partial charge in [-0.1, -0.05) is 30.3 Å². The monoisotopic (exact) mass is 256 g/mol. The van der Waals surface area contributed by atoms with Crippen LogP contribution in [0.15, 0.2) is 42.5 Å². The van der Waals surface area contributed by atoms with E-state index in [0.29, 0.717) is 6.54 Å². The molecule has 1 aliphatic heterocycles. The minimum atomic E-state index is -0.214. The first-order chi connectivity index (χ1) is 9.26. The zero-order chi connectivity index (χ0) is 13.2. The zero-order valence-electron chi connectivity index (χ0n) is 10.8. The molecule has 0 amide bonds. The average Bonchev–Trinajstić information content (AvgIpc) is 2.83. The van der Waals surface area contributed by atoms with Crippen molar-refractivity contribution in [2.24, 2.45) is 5.73 Å². The van der Waals surface area contributed by atoms with Gasteiger partial charge in [0.1, 0.15) is 5.82 Å². The highest BCUT2D eigenvalue weighted by Gasteiger charge is 2.19. The molecule has 0 saturated carbocycles. The zero-order valence-corrected chi connectivity index (χ0v) is 10.8. The minimum absolute atomic E-state index is 0.214. The maximum Gasteiger partial charge on any atom is 0.123 e. The summed E-state index contributed by atoms with van der Waals surface area (Å²) >= 11 is 0. The molecule has 98 valence electrons. The molecule has 3 rings (SSSR count). The first kappa shape index (κ1) is 12.3. The van der Waals surface area contributed by atoms with E-state index in [1.54, 1.807) is 6.07 Å². The number of hydrogen-bond donors (Lipinski definition) is 1. The van der Waals surface area contributed by atoms with E-state index < -0.39 is 0 Å². The Balaban J connectivity index is 1.77. The van der Waals surface area contributed by atoms with Crippen LogP contribution < -0.4 is 5.73 Å². The topological polar surface area (TPSA) is 29.3 Å². The summed E-state index contributed by atoms with van der Waals surface area (Å²) in [6.07, 6.45) is 0. The van der Waals surface area contributed by atoms with Crippen molar-refractivity contribution in [2.45, 2.75) is 26.2 Å². The SMILES string of the molecule is NCc1cc(F)ccc1CN1Cc2ccccc2C1. The van der Waals surface area contributed by atoms with Crippen molar-refractivity contribution in [3.8, 4) is 0 Å². The molecule has 0 bridgehead atoms. The molecule has 0 spiro atoms. The molecule has 0 saturated heterocycles.